The third-order valence-corrected chi connectivity index (χ3v) is 5.04. The first-order chi connectivity index (χ1) is 8.56. The fraction of sp³-hybridized carbons (Fsp3) is 0.571. The van der Waals surface area contributed by atoms with Gasteiger partial charge in [0.15, 0.2) is 0 Å². The lowest BCUT2D eigenvalue weighted by Gasteiger charge is -2.34. The van der Waals surface area contributed by atoms with Gasteiger partial charge in [0.1, 0.15) is 0 Å². The fourth-order valence-electron chi connectivity index (χ4n) is 2.59. The normalized spacial score (nSPS) is 22.8. The van der Waals surface area contributed by atoms with Gasteiger partial charge in [-0.1, -0.05) is 0 Å². The summed E-state index contributed by atoms with van der Waals surface area (Å²) in [7, 11) is 2.22. The van der Waals surface area contributed by atoms with Crippen molar-refractivity contribution in [1.82, 2.24) is 4.90 Å². The molecule has 0 aromatic heterocycles. The largest absolute Gasteiger partial charge is 0.381 e. The summed E-state index contributed by atoms with van der Waals surface area (Å²) in [6, 6.07) is 6.95. The second-order valence-corrected chi connectivity index (χ2v) is 7.32. The van der Waals surface area contributed by atoms with E-state index >= 15 is 0 Å². The summed E-state index contributed by atoms with van der Waals surface area (Å²) in [5.41, 5.74) is 1.21. The SMILES string of the molecule is CC(Nc1cc(I)ccc1Br)C1CCCN(C)C1. The summed E-state index contributed by atoms with van der Waals surface area (Å²) in [6.45, 7) is 4.75. The van der Waals surface area contributed by atoms with Crippen molar-refractivity contribution in [2.75, 3.05) is 25.5 Å². The van der Waals surface area contributed by atoms with Crippen molar-refractivity contribution in [2.24, 2.45) is 5.92 Å². The Morgan fingerprint density at radius 2 is 2.28 bits per heavy atom. The third-order valence-electron chi connectivity index (χ3n) is 3.68. The van der Waals surface area contributed by atoms with Crippen LogP contribution in [0.1, 0.15) is 19.8 Å². The van der Waals surface area contributed by atoms with E-state index in [4.69, 9.17) is 0 Å². The van der Waals surface area contributed by atoms with E-state index < -0.39 is 0 Å². The lowest BCUT2D eigenvalue weighted by Crippen LogP contribution is -2.39. The molecule has 1 fully saturated rings. The number of nitrogens with zero attached hydrogens (tertiary/aromatic N) is 1. The lowest BCUT2D eigenvalue weighted by molar-refractivity contribution is 0.197. The van der Waals surface area contributed by atoms with Gasteiger partial charge in [-0.2, -0.15) is 0 Å². The molecule has 1 aliphatic rings. The van der Waals surface area contributed by atoms with Gasteiger partial charge in [0.2, 0.25) is 0 Å². The molecule has 2 rings (SSSR count). The molecule has 0 saturated carbocycles. The van der Waals surface area contributed by atoms with Crippen molar-refractivity contribution in [2.45, 2.75) is 25.8 Å². The van der Waals surface area contributed by atoms with Crippen LogP contribution in [0.3, 0.4) is 0 Å². The van der Waals surface area contributed by atoms with Crippen molar-refractivity contribution < 1.29 is 0 Å². The number of halogens is 2. The molecule has 4 heteroatoms. The Bertz CT molecular complexity index is 411. The Labute approximate surface area is 132 Å². The molecular formula is C14H20BrIN2. The molecular weight excluding hydrogens is 403 g/mol. The second-order valence-electron chi connectivity index (χ2n) is 5.22. The molecule has 0 aliphatic carbocycles. The van der Waals surface area contributed by atoms with E-state index in [1.165, 1.54) is 35.2 Å². The van der Waals surface area contributed by atoms with Gasteiger partial charge < -0.3 is 10.2 Å². The van der Waals surface area contributed by atoms with Crippen LogP contribution in [0.4, 0.5) is 5.69 Å². The van der Waals surface area contributed by atoms with Crippen molar-refractivity contribution in [1.29, 1.82) is 0 Å². The Morgan fingerprint density at radius 1 is 1.50 bits per heavy atom. The first-order valence-corrected chi connectivity index (χ1v) is 8.33. The van der Waals surface area contributed by atoms with Gasteiger partial charge in [0.25, 0.3) is 0 Å². The zero-order valence-electron chi connectivity index (χ0n) is 10.9. The van der Waals surface area contributed by atoms with Crippen LogP contribution >= 0.6 is 38.5 Å². The van der Waals surface area contributed by atoms with Crippen molar-refractivity contribution >= 4 is 44.2 Å². The lowest BCUT2D eigenvalue weighted by atomic mass is 9.92. The zero-order valence-corrected chi connectivity index (χ0v) is 14.7. The van der Waals surface area contributed by atoms with Gasteiger partial charge >= 0.3 is 0 Å². The molecule has 18 heavy (non-hydrogen) atoms. The predicted molar refractivity (Wildman–Crippen MR) is 90.2 cm³/mol. The van der Waals surface area contributed by atoms with Crippen LogP contribution in [0.15, 0.2) is 22.7 Å². The first kappa shape index (κ1) is 14.6. The Hall–Kier alpha value is 0.190. The summed E-state index contributed by atoms with van der Waals surface area (Å²) < 4.78 is 2.42. The standard InChI is InChI=1S/C14H20BrIN2/c1-10(11-4-3-7-18(2)9-11)17-14-8-12(16)5-6-13(14)15/h5-6,8,10-11,17H,3-4,7,9H2,1-2H3. The average Bonchev–Trinajstić information content (AvgIpc) is 2.34. The maximum atomic E-state index is 3.66. The Morgan fingerprint density at radius 3 is 3.00 bits per heavy atom. The summed E-state index contributed by atoms with van der Waals surface area (Å²) in [6.07, 6.45) is 2.65. The monoisotopic (exact) mass is 422 g/mol. The van der Waals surface area contributed by atoms with Gasteiger partial charge in [0.05, 0.1) is 0 Å². The molecule has 1 aromatic rings. The van der Waals surface area contributed by atoms with E-state index in [9.17, 15) is 0 Å². The number of anilines is 1. The Balaban J connectivity index is 2.01. The number of likely N-dealkylation sites (tertiary alicyclic amines) is 1. The molecule has 1 aliphatic heterocycles. The van der Waals surface area contributed by atoms with E-state index in [-0.39, 0.29) is 0 Å². The van der Waals surface area contributed by atoms with E-state index in [0.717, 1.165) is 10.4 Å². The van der Waals surface area contributed by atoms with Crippen LogP contribution in [0, 0.1) is 9.49 Å². The van der Waals surface area contributed by atoms with Gasteiger partial charge in [-0.3, -0.25) is 0 Å². The molecule has 1 heterocycles. The molecule has 2 nitrogen and oxygen atoms in total. The van der Waals surface area contributed by atoms with Crippen LogP contribution in [0.5, 0.6) is 0 Å². The van der Waals surface area contributed by atoms with Crippen molar-refractivity contribution in [3.63, 3.8) is 0 Å². The maximum Gasteiger partial charge on any atom is 0.0497 e. The minimum absolute atomic E-state index is 0.516. The number of hydrogen-bond acceptors (Lipinski definition) is 2. The molecule has 1 N–H and O–H groups in total. The average molecular weight is 423 g/mol. The zero-order chi connectivity index (χ0) is 13.1. The van der Waals surface area contributed by atoms with Gasteiger partial charge in [0, 0.05) is 26.3 Å². The number of nitrogens with one attached hydrogen (secondary N) is 1. The van der Waals surface area contributed by atoms with E-state index in [1.807, 2.05) is 0 Å². The fourth-order valence-corrected chi connectivity index (χ4v) is 3.44. The first-order valence-electron chi connectivity index (χ1n) is 6.46. The van der Waals surface area contributed by atoms with E-state index in [1.54, 1.807) is 0 Å². The van der Waals surface area contributed by atoms with E-state index in [0.29, 0.717) is 6.04 Å². The summed E-state index contributed by atoms with van der Waals surface area (Å²) in [5, 5.41) is 3.66. The molecule has 0 bridgehead atoms. The number of rotatable bonds is 3. The summed E-state index contributed by atoms with van der Waals surface area (Å²) in [4.78, 5) is 2.44. The minimum Gasteiger partial charge on any atom is -0.381 e. The Kier molecular flexibility index (Phi) is 5.33. The highest BCUT2D eigenvalue weighted by molar-refractivity contribution is 14.1. The number of piperidine rings is 1. The van der Waals surface area contributed by atoms with Gasteiger partial charge in [-0.25, -0.2) is 0 Å². The van der Waals surface area contributed by atoms with Gasteiger partial charge in [-0.05, 0) is 96.0 Å². The quantitative estimate of drug-likeness (QED) is 0.734. The van der Waals surface area contributed by atoms with Crippen LogP contribution in [-0.4, -0.2) is 31.1 Å². The van der Waals surface area contributed by atoms with Gasteiger partial charge in [-0.15, -0.1) is 0 Å². The molecule has 2 atom stereocenters. The smallest absolute Gasteiger partial charge is 0.0497 e. The van der Waals surface area contributed by atoms with E-state index in [2.05, 4.69) is 80.9 Å². The van der Waals surface area contributed by atoms with Crippen LogP contribution in [0.25, 0.3) is 0 Å². The third kappa shape index (κ3) is 3.84. The highest BCUT2D eigenvalue weighted by atomic mass is 127. The number of hydrogen-bond donors (Lipinski definition) is 1. The molecule has 1 aromatic carbocycles. The molecule has 100 valence electrons. The second kappa shape index (κ2) is 6.57. The molecule has 2 unspecified atom stereocenters. The highest BCUT2D eigenvalue weighted by Gasteiger charge is 2.23. The van der Waals surface area contributed by atoms with Crippen LogP contribution in [0.2, 0.25) is 0 Å². The molecule has 0 spiro atoms. The summed E-state index contributed by atoms with van der Waals surface area (Å²) in [5.74, 6) is 0.744. The van der Waals surface area contributed by atoms with Crippen molar-refractivity contribution in [3.8, 4) is 0 Å². The topological polar surface area (TPSA) is 15.3 Å². The predicted octanol–water partition coefficient (Wildman–Crippen LogP) is 4.20. The number of benzene rings is 1. The van der Waals surface area contributed by atoms with Crippen molar-refractivity contribution in [3.05, 3.63) is 26.2 Å². The molecule has 0 radical (unpaired) electrons. The van der Waals surface area contributed by atoms with Crippen LogP contribution in [-0.2, 0) is 0 Å². The minimum atomic E-state index is 0.516. The molecule has 0 amide bonds. The highest BCUT2D eigenvalue weighted by Crippen LogP contribution is 2.28. The van der Waals surface area contributed by atoms with Crippen LogP contribution < -0.4 is 5.32 Å². The molecule has 1 saturated heterocycles. The summed E-state index contributed by atoms with van der Waals surface area (Å²) >= 11 is 5.98. The maximum absolute atomic E-state index is 3.66.